The fourth-order valence-corrected chi connectivity index (χ4v) is 4.54. The number of fused-ring (bicyclic) bond motifs is 2. The molecule has 0 atom stereocenters. The molecule has 0 N–H and O–H groups in total. The zero-order valence-corrected chi connectivity index (χ0v) is 19.3. The summed E-state index contributed by atoms with van der Waals surface area (Å²) < 4.78 is 2.47. The topological polar surface area (TPSA) is 55.2 Å². The third kappa shape index (κ3) is 3.28. The minimum Gasteiger partial charge on any atom is -0.308 e. The van der Waals surface area contributed by atoms with Crippen LogP contribution in [0.25, 0.3) is 28.2 Å². The number of anilines is 1. The van der Waals surface area contributed by atoms with E-state index < -0.39 is 0 Å². The normalized spacial score (nSPS) is 14.4. The molecule has 3 aromatic carbocycles. The minimum absolute atomic E-state index is 0.0983. The summed E-state index contributed by atoms with van der Waals surface area (Å²) in [5, 5.41) is 0.534. The minimum atomic E-state index is -0.166. The van der Waals surface area contributed by atoms with E-state index in [0.29, 0.717) is 34.5 Å². The van der Waals surface area contributed by atoms with Crippen LogP contribution < -0.4 is 10.5 Å². The van der Waals surface area contributed by atoms with Crippen molar-refractivity contribution in [2.24, 2.45) is 0 Å². The van der Waals surface area contributed by atoms with E-state index in [2.05, 4.69) is 15.9 Å². The highest BCUT2D eigenvalue weighted by Crippen LogP contribution is 2.39. The maximum absolute atomic E-state index is 13.5. The molecule has 6 heteroatoms. The summed E-state index contributed by atoms with van der Waals surface area (Å²) in [5.41, 5.74) is 4.38. The number of halogens is 1. The molecule has 2 heterocycles. The SMILES string of the molecule is CCN1C(=O)/C(=C\c2nc3ccccc3c(=O)n2-c2cccc(C)c2)c2cc(Br)ccc21. The van der Waals surface area contributed by atoms with Gasteiger partial charge in [-0.1, -0.05) is 40.2 Å². The van der Waals surface area contributed by atoms with Crippen molar-refractivity contribution >= 4 is 50.1 Å². The van der Waals surface area contributed by atoms with Crippen LogP contribution in [0.1, 0.15) is 23.9 Å². The lowest BCUT2D eigenvalue weighted by atomic mass is 10.1. The van der Waals surface area contributed by atoms with E-state index in [-0.39, 0.29) is 11.5 Å². The molecule has 0 spiro atoms. The van der Waals surface area contributed by atoms with Crippen LogP contribution in [0.15, 0.2) is 76.0 Å². The van der Waals surface area contributed by atoms with E-state index >= 15 is 0 Å². The third-order valence-corrected chi connectivity index (χ3v) is 6.16. The Balaban J connectivity index is 1.83. The van der Waals surface area contributed by atoms with E-state index in [1.807, 2.05) is 74.5 Å². The quantitative estimate of drug-likeness (QED) is 0.366. The van der Waals surface area contributed by atoms with Gasteiger partial charge in [0.2, 0.25) is 0 Å². The molecule has 5 rings (SSSR count). The average Bonchev–Trinajstić information content (AvgIpc) is 3.04. The Labute approximate surface area is 193 Å². The lowest BCUT2D eigenvalue weighted by Crippen LogP contribution is -2.26. The van der Waals surface area contributed by atoms with Crippen LogP contribution in [0.2, 0.25) is 0 Å². The van der Waals surface area contributed by atoms with Gasteiger partial charge in [-0.25, -0.2) is 4.98 Å². The van der Waals surface area contributed by atoms with E-state index in [4.69, 9.17) is 4.98 Å². The van der Waals surface area contributed by atoms with Crippen LogP contribution in [0, 0.1) is 6.92 Å². The number of amides is 1. The van der Waals surface area contributed by atoms with Gasteiger partial charge in [-0.05, 0) is 68.0 Å². The molecule has 0 saturated heterocycles. The lowest BCUT2D eigenvalue weighted by Gasteiger charge is -2.14. The van der Waals surface area contributed by atoms with Crippen molar-refractivity contribution in [3.63, 3.8) is 0 Å². The molecule has 0 fully saturated rings. The van der Waals surface area contributed by atoms with Crippen molar-refractivity contribution in [2.75, 3.05) is 11.4 Å². The first-order chi connectivity index (χ1) is 15.5. The van der Waals surface area contributed by atoms with Gasteiger partial charge in [0, 0.05) is 16.6 Å². The van der Waals surface area contributed by atoms with E-state index in [1.54, 1.807) is 21.6 Å². The smallest absolute Gasteiger partial charge is 0.266 e. The van der Waals surface area contributed by atoms with Crippen LogP contribution in [-0.4, -0.2) is 22.0 Å². The molecule has 32 heavy (non-hydrogen) atoms. The van der Waals surface area contributed by atoms with Crippen LogP contribution in [0.5, 0.6) is 0 Å². The number of nitrogens with zero attached hydrogens (tertiary/aromatic N) is 3. The first-order valence-electron chi connectivity index (χ1n) is 10.4. The maximum Gasteiger partial charge on any atom is 0.266 e. The number of likely N-dealkylation sites (N-methyl/N-ethyl adjacent to an activating group) is 1. The van der Waals surface area contributed by atoms with Crippen LogP contribution in [0.4, 0.5) is 5.69 Å². The Morgan fingerprint density at radius 1 is 1.00 bits per heavy atom. The fourth-order valence-electron chi connectivity index (χ4n) is 4.18. The van der Waals surface area contributed by atoms with E-state index in [0.717, 1.165) is 21.3 Å². The summed E-state index contributed by atoms with van der Waals surface area (Å²) >= 11 is 3.52. The van der Waals surface area contributed by atoms with Crippen LogP contribution in [-0.2, 0) is 4.79 Å². The summed E-state index contributed by atoms with van der Waals surface area (Å²) in [4.78, 5) is 33.3. The lowest BCUT2D eigenvalue weighted by molar-refractivity contribution is -0.112. The Kier molecular flexibility index (Phi) is 5.02. The van der Waals surface area contributed by atoms with Crippen LogP contribution in [0.3, 0.4) is 0 Å². The Hall–Kier alpha value is -3.51. The molecule has 1 amide bonds. The molecule has 0 saturated carbocycles. The number of hydrogen-bond donors (Lipinski definition) is 0. The summed E-state index contributed by atoms with van der Waals surface area (Å²) in [6.07, 6.45) is 1.74. The molecule has 0 unspecified atom stereocenters. The van der Waals surface area contributed by atoms with E-state index in [9.17, 15) is 9.59 Å². The molecule has 1 aliphatic heterocycles. The van der Waals surface area contributed by atoms with E-state index in [1.165, 1.54) is 0 Å². The largest absolute Gasteiger partial charge is 0.308 e. The third-order valence-electron chi connectivity index (χ3n) is 5.67. The predicted molar refractivity (Wildman–Crippen MR) is 132 cm³/mol. The summed E-state index contributed by atoms with van der Waals surface area (Å²) in [6, 6.07) is 20.8. The molecule has 0 bridgehead atoms. The van der Waals surface area contributed by atoms with Crippen molar-refractivity contribution < 1.29 is 4.79 Å². The van der Waals surface area contributed by atoms with Crippen molar-refractivity contribution in [1.82, 2.24) is 9.55 Å². The Bertz CT molecular complexity index is 1490. The fraction of sp³-hybridized carbons (Fsp3) is 0.115. The number of carbonyl (C=O) groups is 1. The van der Waals surface area contributed by atoms with Gasteiger partial charge >= 0.3 is 0 Å². The standard InChI is InChI=1S/C26H20BrN3O2/c1-3-29-23-12-11-17(27)14-20(23)21(25(29)31)15-24-28-22-10-5-4-9-19(22)26(32)30(24)18-8-6-7-16(2)13-18/h4-15H,3H2,1-2H3/b21-15-. The average molecular weight is 486 g/mol. The Morgan fingerprint density at radius 2 is 1.81 bits per heavy atom. The van der Waals surface area contributed by atoms with Gasteiger partial charge in [0.25, 0.3) is 11.5 Å². The molecule has 5 nitrogen and oxygen atoms in total. The second kappa shape index (κ2) is 7.88. The maximum atomic E-state index is 13.5. The number of benzene rings is 3. The highest BCUT2D eigenvalue weighted by Gasteiger charge is 2.32. The summed E-state index contributed by atoms with van der Waals surface area (Å²) in [6.45, 7) is 4.48. The van der Waals surface area contributed by atoms with Gasteiger partial charge in [-0.15, -0.1) is 0 Å². The number of rotatable bonds is 3. The van der Waals surface area contributed by atoms with Gasteiger partial charge in [0.1, 0.15) is 5.82 Å². The van der Waals surface area contributed by atoms with Crippen molar-refractivity contribution in [3.05, 3.63) is 98.5 Å². The number of aryl methyl sites for hydroxylation is 1. The monoisotopic (exact) mass is 485 g/mol. The van der Waals surface area contributed by atoms with Gasteiger partial charge in [-0.2, -0.15) is 0 Å². The molecule has 0 radical (unpaired) electrons. The van der Waals surface area contributed by atoms with Crippen molar-refractivity contribution in [1.29, 1.82) is 0 Å². The molecular weight excluding hydrogens is 466 g/mol. The second-order valence-electron chi connectivity index (χ2n) is 7.74. The molecule has 0 aliphatic carbocycles. The van der Waals surface area contributed by atoms with Gasteiger partial charge in [0.05, 0.1) is 27.9 Å². The number of para-hydroxylation sites is 1. The second-order valence-corrected chi connectivity index (χ2v) is 8.65. The van der Waals surface area contributed by atoms with Crippen molar-refractivity contribution in [2.45, 2.75) is 13.8 Å². The zero-order chi connectivity index (χ0) is 22.4. The molecule has 4 aromatic rings. The first kappa shape index (κ1) is 20.4. The highest BCUT2D eigenvalue weighted by atomic mass is 79.9. The van der Waals surface area contributed by atoms with Gasteiger partial charge in [0.15, 0.2) is 0 Å². The molecule has 1 aliphatic rings. The number of aromatic nitrogens is 2. The molecule has 158 valence electrons. The zero-order valence-electron chi connectivity index (χ0n) is 17.7. The number of carbonyl (C=O) groups excluding carboxylic acids is 1. The highest BCUT2D eigenvalue weighted by molar-refractivity contribution is 9.10. The Morgan fingerprint density at radius 3 is 2.59 bits per heavy atom. The van der Waals surface area contributed by atoms with Gasteiger partial charge < -0.3 is 4.90 Å². The number of hydrogen-bond acceptors (Lipinski definition) is 3. The summed E-state index contributed by atoms with van der Waals surface area (Å²) in [7, 11) is 0. The van der Waals surface area contributed by atoms with Crippen molar-refractivity contribution in [3.8, 4) is 5.69 Å². The predicted octanol–water partition coefficient (Wildman–Crippen LogP) is 5.36. The van der Waals surface area contributed by atoms with Crippen LogP contribution >= 0.6 is 15.9 Å². The first-order valence-corrected chi connectivity index (χ1v) is 11.2. The van der Waals surface area contributed by atoms with Gasteiger partial charge in [-0.3, -0.25) is 14.2 Å². The molecular formula is C26H20BrN3O2. The molecule has 1 aromatic heterocycles. The summed E-state index contributed by atoms with van der Waals surface area (Å²) in [5.74, 6) is 0.324.